The van der Waals surface area contributed by atoms with E-state index in [0.29, 0.717) is 26.2 Å². The SMILES string of the molecule is CS(=O)(=O)CS(=O)(=O)N1CCNCC1. The lowest BCUT2D eigenvalue weighted by Gasteiger charge is -2.26. The van der Waals surface area contributed by atoms with Crippen LogP contribution in [0, 0.1) is 0 Å². The second kappa shape index (κ2) is 4.13. The Labute approximate surface area is 84.3 Å². The van der Waals surface area contributed by atoms with E-state index in [4.69, 9.17) is 0 Å². The van der Waals surface area contributed by atoms with Crippen molar-refractivity contribution in [2.75, 3.05) is 37.5 Å². The van der Waals surface area contributed by atoms with E-state index in [1.54, 1.807) is 0 Å². The molecular weight excluding hydrogens is 228 g/mol. The lowest BCUT2D eigenvalue weighted by molar-refractivity contribution is 0.362. The zero-order chi connectivity index (χ0) is 10.8. The number of sulfone groups is 1. The summed E-state index contributed by atoms with van der Waals surface area (Å²) in [6.07, 6.45) is 0.923. The topological polar surface area (TPSA) is 83.5 Å². The first-order valence-corrected chi connectivity index (χ1v) is 7.84. The Balaban J connectivity index is 2.74. The molecule has 1 saturated heterocycles. The summed E-state index contributed by atoms with van der Waals surface area (Å²) in [6.45, 7) is 1.84. The third-order valence-electron chi connectivity index (χ3n) is 1.83. The van der Waals surface area contributed by atoms with Gasteiger partial charge in [-0.3, -0.25) is 0 Å². The summed E-state index contributed by atoms with van der Waals surface area (Å²) in [5, 5.41) is 2.20. The van der Waals surface area contributed by atoms with Gasteiger partial charge in [0.2, 0.25) is 10.0 Å². The maximum Gasteiger partial charge on any atom is 0.228 e. The van der Waals surface area contributed by atoms with Gasteiger partial charge in [-0.05, 0) is 0 Å². The van der Waals surface area contributed by atoms with Crippen LogP contribution in [-0.2, 0) is 19.9 Å². The van der Waals surface area contributed by atoms with E-state index >= 15 is 0 Å². The molecule has 0 unspecified atom stereocenters. The van der Waals surface area contributed by atoms with Crippen molar-refractivity contribution >= 4 is 19.9 Å². The minimum Gasteiger partial charge on any atom is -0.314 e. The van der Waals surface area contributed by atoms with Gasteiger partial charge >= 0.3 is 0 Å². The van der Waals surface area contributed by atoms with Crippen LogP contribution in [0.2, 0.25) is 0 Å². The summed E-state index contributed by atoms with van der Waals surface area (Å²) >= 11 is 0. The zero-order valence-electron chi connectivity index (χ0n) is 7.93. The van der Waals surface area contributed by atoms with Crippen LogP contribution in [0.3, 0.4) is 0 Å². The highest BCUT2D eigenvalue weighted by Crippen LogP contribution is 2.05. The fourth-order valence-electron chi connectivity index (χ4n) is 1.27. The van der Waals surface area contributed by atoms with E-state index in [1.165, 1.54) is 4.31 Å². The van der Waals surface area contributed by atoms with Gasteiger partial charge in [-0.1, -0.05) is 0 Å². The van der Waals surface area contributed by atoms with Crippen LogP contribution >= 0.6 is 0 Å². The van der Waals surface area contributed by atoms with E-state index in [2.05, 4.69) is 5.32 Å². The monoisotopic (exact) mass is 242 g/mol. The fraction of sp³-hybridized carbons (Fsp3) is 1.00. The molecule has 84 valence electrons. The Morgan fingerprint density at radius 3 is 2.07 bits per heavy atom. The summed E-state index contributed by atoms with van der Waals surface area (Å²) in [5.74, 6) is 0. The lowest BCUT2D eigenvalue weighted by atomic mass is 10.4. The van der Waals surface area contributed by atoms with Gasteiger partial charge < -0.3 is 5.32 Å². The molecule has 0 atom stereocenters. The van der Waals surface area contributed by atoms with Gasteiger partial charge in [0, 0.05) is 32.4 Å². The summed E-state index contributed by atoms with van der Waals surface area (Å²) < 4.78 is 46.0. The summed E-state index contributed by atoms with van der Waals surface area (Å²) in [5.41, 5.74) is 0. The predicted octanol–water partition coefficient (Wildman–Crippen LogP) is -1.78. The number of nitrogens with one attached hydrogen (secondary N) is 1. The molecule has 0 aromatic rings. The molecule has 0 aromatic heterocycles. The zero-order valence-corrected chi connectivity index (χ0v) is 9.57. The molecule has 1 aliphatic heterocycles. The van der Waals surface area contributed by atoms with Gasteiger partial charge in [-0.15, -0.1) is 0 Å². The van der Waals surface area contributed by atoms with Crippen molar-refractivity contribution < 1.29 is 16.8 Å². The summed E-state index contributed by atoms with van der Waals surface area (Å²) in [6, 6.07) is 0. The average molecular weight is 242 g/mol. The van der Waals surface area contributed by atoms with Crippen molar-refractivity contribution in [3.8, 4) is 0 Å². The van der Waals surface area contributed by atoms with Gasteiger partial charge in [0.25, 0.3) is 0 Å². The summed E-state index contributed by atoms with van der Waals surface area (Å²) in [4.78, 5) is 0. The molecule has 0 bridgehead atoms. The maximum absolute atomic E-state index is 11.5. The second-order valence-electron chi connectivity index (χ2n) is 3.30. The maximum atomic E-state index is 11.5. The first kappa shape index (κ1) is 11.9. The Morgan fingerprint density at radius 1 is 1.14 bits per heavy atom. The quantitative estimate of drug-likeness (QED) is 0.633. The van der Waals surface area contributed by atoms with E-state index in [9.17, 15) is 16.8 Å². The van der Waals surface area contributed by atoms with Crippen LogP contribution in [-0.4, -0.2) is 58.7 Å². The molecule has 1 N–H and O–H groups in total. The first-order chi connectivity index (χ1) is 6.31. The van der Waals surface area contributed by atoms with Crippen molar-refractivity contribution in [3.05, 3.63) is 0 Å². The number of hydrogen-bond donors (Lipinski definition) is 1. The molecule has 1 aliphatic rings. The van der Waals surface area contributed by atoms with E-state index in [0.717, 1.165) is 6.26 Å². The van der Waals surface area contributed by atoms with Crippen LogP contribution in [0.25, 0.3) is 0 Å². The Hall–Kier alpha value is -0.180. The smallest absolute Gasteiger partial charge is 0.228 e. The van der Waals surface area contributed by atoms with Crippen LogP contribution < -0.4 is 5.32 Å². The predicted molar refractivity (Wildman–Crippen MR) is 53.1 cm³/mol. The molecule has 1 rings (SSSR count). The van der Waals surface area contributed by atoms with Crippen molar-refractivity contribution in [1.82, 2.24) is 9.62 Å². The van der Waals surface area contributed by atoms with Gasteiger partial charge in [0.05, 0.1) is 0 Å². The molecule has 0 radical (unpaired) electrons. The van der Waals surface area contributed by atoms with Gasteiger partial charge in [-0.2, -0.15) is 4.31 Å². The number of piperazine rings is 1. The molecule has 0 amide bonds. The molecule has 1 fully saturated rings. The second-order valence-corrected chi connectivity index (χ2v) is 7.78. The molecule has 0 aromatic carbocycles. The highest BCUT2D eigenvalue weighted by atomic mass is 32.3. The lowest BCUT2D eigenvalue weighted by Crippen LogP contribution is -2.47. The Morgan fingerprint density at radius 2 is 1.64 bits per heavy atom. The standard InChI is InChI=1S/C6H14N2O4S2/c1-13(9,10)6-14(11,12)8-4-2-7-3-5-8/h7H,2-6H2,1H3. The molecule has 0 saturated carbocycles. The number of sulfonamides is 1. The van der Waals surface area contributed by atoms with Crippen LogP contribution in [0.1, 0.15) is 0 Å². The molecule has 0 spiro atoms. The molecule has 6 nitrogen and oxygen atoms in total. The number of hydrogen-bond acceptors (Lipinski definition) is 5. The number of nitrogens with zero attached hydrogens (tertiary/aromatic N) is 1. The molecule has 8 heteroatoms. The third-order valence-corrected chi connectivity index (χ3v) is 5.89. The fourth-order valence-corrected chi connectivity index (χ4v) is 4.77. The normalized spacial score (nSPS) is 20.9. The van der Waals surface area contributed by atoms with Gasteiger partial charge in [0.1, 0.15) is 0 Å². The minimum absolute atomic E-state index is 0.345. The van der Waals surface area contributed by atoms with Crippen LogP contribution in [0.5, 0.6) is 0 Å². The Bertz CT molecular complexity index is 380. The van der Waals surface area contributed by atoms with Crippen molar-refractivity contribution in [2.45, 2.75) is 0 Å². The van der Waals surface area contributed by atoms with Crippen molar-refractivity contribution in [2.24, 2.45) is 0 Å². The minimum atomic E-state index is -3.64. The average Bonchev–Trinajstić information content (AvgIpc) is 2.01. The summed E-state index contributed by atoms with van der Waals surface area (Å²) in [7, 11) is -7.12. The molecule has 1 heterocycles. The van der Waals surface area contributed by atoms with Crippen molar-refractivity contribution in [3.63, 3.8) is 0 Å². The van der Waals surface area contributed by atoms with Crippen LogP contribution in [0.15, 0.2) is 0 Å². The Kier molecular flexibility index (Phi) is 3.51. The molecule has 14 heavy (non-hydrogen) atoms. The van der Waals surface area contributed by atoms with E-state index < -0.39 is 24.9 Å². The number of rotatable bonds is 3. The van der Waals surface area contributed by atoms with Gasteiger partial charge in [-0.25, -0.2) is 16.8 Å². The van der Waals surface area contributed by atoms with E-state index in [1.807, 2.05) is 0 Å². The highest BCUT2D eigenvalue weighted by molar-refractivity contribution is 8.06. The first-order valence-electron chi connectivity index (χ1n) is 4.17. The van der Waals surface area contributed by atoms with E-state index in [-0.39, 0.29) is 0 Å². The third kappa shape index (κ3) is 3.52. The van der Waals surface area contributed by atoms with Crippen molar-refractivity contribution in [1.29, 1.82) is 0 Å². The van der Waals surface area contributed by atoms with Gasteiger partial charge in [0.15, 0.2) is 14.9 Å². The van der Waals surface area contributed by atoms with Crippen LogP contribution in [0.4, 0.5) is 0 Å². The largest absolute Gasteiger partial charge is 0.314 e. The molecule has 0 aliphatic carbocycles. The highest BCUT2D eigenvalue weighted by Gasteiger charge is 2.27. The molecular formula is C6H14N2O4S2.